The predicted molar refractivity (Wildman–Crippen MR) is 40.8 cm³/mol. The summed E-state index contributed by atoms with van der Waals surface area (Å²) in [6.45, 7) is 1.45. The summed E-state index contributed by atoms with van der Waals surface area (Å²) in [5.74, 6) is -2.07. The Balaban J connectivity index is 3.20. The minimum Gasteiger partial charge on any atom is -0.303 e. The zero-order chi connectivity index (χ0) is 9.14. The highest BCUT2D eigenvalue weighted by Crippen LogP contribution is 2.19. The molecule has 0 spiro atoms. The van der Waals surface area contributed by atoms with E-state index < -0.39 is 17.6 Å². The average molecular weight is 170 g/mol. The molecule has 1 aromatic carbocycles. The molecular weight excluding hydrogens is 162 g/mol. The summed E-state index contributed by atoms with van der Waals surface area (Å²) in [5, 5.41) is 0. The molecule has 0 radical (unpaired) electrons. The Labute approximate surface area is 69.0 Å². The zero-order valence-electron chi connectivity index (χ0n) is 6.55. The topological polar surface area (TPSA) is 17.1 Å². The summed E-state index contributed by atoms with van der Waals surface area (Å²) in [6.07, 6.45) is 0.515. The number of carbonyl (C=O) groups excluding carboxylic acids is 1. The molecule has 1 unspecified atom stereocenters. The first-order valence-electron chi connectivity index (χ1n) is 3.56. The van der Waals surface area contributed by atoms with E-state index in [1.165, 1.54) is 13.0 Å². The first-order chi connectivity index (χ1) is 5.66. The Morgan fingerprint density at radius 3 is 2.25 bits per heavy atom. The van der Waals surface area contributed by atoms with Gasteiger partial charge in [0, 0.05) is 11.5 Å². The standard InChI is InChI=1S/C9H8F2O/c1-6(5-12)9-7(10)3-2-4-8(9)11/h2-6H,1H3. The molecule has 1 aromatic rings. The van der Waals surface area contributed by atoms with Crippen LogP contribution in [0.1, 0.15) is 18.4 Å². The van der Waals surface area contributed by atoms with Gasteiger partial charge in [-0.05, 0) is 12.1 Å². The quantitative estimate of drug-likeness (QED) is 0.622. The third-order valence-corrected chi connectivity index (χ3v) is 1.66. The number of benzene rings is 1. The lowest BCUT2D eigenvalue weighted by atomic mass is 10.0. The lowest BCUT2D eigenvalue weighted by Gasteiger charge is -2.05. The SMILES string of the molecule is CC(C=O)c1c(F)cccc1F. The highest BCUT2D eigenvalue weighted by molar-refractivity contribution is 5.61. The van der Waals surface area contributed by atoms with Gasteiger partial charge in [-0.3, -0.25) is 0 Å². The van der Waals surface area contributed by atoms with Crippen LogP contribution < -0.4 is 0 Å². The van der Waals surface area contributed by atoms with Crippen molar-refractivity contribution in [2.24, 2.45) is 0 Å². The van der Waals surface area contributed by atoms with E-state index in [-0.39, 0.29) is 5.56 Å². The van der Waals surface area contributed by atoms with Crippen molar-refractivity contribution in [3.63, 3.8) is 0 Å². The molecule has 0 aromatic heterocycles. The van der Waals surface area contributed by atoms with Crippen LogP contribution in [0.5, 0.6) is 0 Å². The molecule has 0 fully saturated rings. The first-order valence-corrected chi connectivity index (χ1v) is 3.56. The zero-order valence-corrected chi connectivity index (χ0v) is 6.55. The van der Waals surface area contributed by atoms with Crippen LogP contribution in [0.4, 0.5) is 8.78 Å². The van der Waals surface area contributed by atoms with Crippen molar-refractivity contribution in [2.75, 3.05) is 0 Å². The first kappa shape index (κ1) is 8.84. The van der Waals surface area contributed by atoms with Crippen LogP contribution in [0.3, 0.4) is 0 Å². The van der Waals surface area contributed by atoms with Gasteiger partial charge in [0.25, 0.3) is 0 Å². The summed E-state index contributed by atoms with van der Waals surface area (Å²) < 4.78 is 25.8. The Kier molecular flexibility index (Phi) is 2.53. The predicted octanol–water partition coefficient (Wildman–Crippen LogP) is 2.27. The smallest absolute Gasteiger partial charge is 0.130 e. The fourth-order valence-corrected chi connectivity index (χ4v) is 1.01. The van der Waals surface area contributed by atoms with Crippen molar-refractivity contribution in [1.82, 2.24) is 0 Å². The highest BCUT2D eigenvalue weighted by Gasteiger charge is 2.14. The fourth-order valence-electron chi connectivity index (χ4n) is 1.01. The van der Waals surface area contributed by atoms with E-state index in [1.54, 1.807) is 0 Å². The average Bonchev–Trinajstić information content (AvgIpc) is 2.03. The second kappa shape index (κ2) is 3.43. The number of rotatable bonds is 2. The van der Waals surface area contributed by atoms with Gasteiger partial charge in [-0.1, -0.05) is 13.0 Å². The van der Waals surface area contributed by atoms with E-state index in [2.05, 4.69) is 0 Å². The number of hydrogen-bond donors (Lipinski definition) is 0. The Morgan fingerprint density at radius 2 is 1.83 bits per heavy atom. The number of aldehydes is 1. The van der Waals surface area contributed by atoms with Gasteiger partial charge in [0.15, 0.2) is 0 Å². The van der Waals surface area contributed by atoms with Crippen molar-refractivity contribution in [2.45, 2.75) is 12.8 Å². The third-order valence-electron chi connectivity index (χ3n) is 1.66. The van der Waals surface area contributed by atoms with E-state index in [9.17, 15) is 13.6 Å². The molecule has 0 bridgehead atoms. The van der Waals surface area contributed by atoms with E-state index >= 15 is 0 Å². The van der Waals surface area contributed by atoms with Gasteiger partial charge >= 0.3 is 0 Å². The molecule has 1 nitrogen and oxygen atoms in total. The molecule has 0 heterocycles. The molecular formula is C9H8F2O. The molecule has 0 saturated carbocycles. The minimum absolute atomic E-state index is 0.160. The van der Waals surface area contributed by atoms with Crippen LogP contribution in [0.25, 0.3) is 0 Å². The van der Waals surface area contributed by atoms with Crippen molar-refractivity contribution < 1.29 is 13.6 Å². The van der Waals surface area contributed by atoms with E-state index in [0.29, 0.717) is 6.29 Å². The maximum atomic E-state index is 12.9. The minimum atomic E-state index is -0.730. The molecule has 0 N–H and O–H groups in total. The van der Waals surface area contributed by atoms with Crippen LogP contribution in [0.15, 0.2) is 18.2 Å². The van der Waals surface area contributed by atoms with Crippen LogP contribution in [0, 0.1) is 11.6 Å². The van der Waals surface area contributed by atoms with Crippen LogP contribution in [0.2, 0.25) is 0 Å². The van der Waals surface area contributed by atoms with Crippen molar-refractivity contribution >= 4 is 6.29 Å². The Hall–Kier alpha value is -1.25. The largest absolute Gasteiger partial charge is 0.303 e. The van der Waals surface area contributed by atoms with E-state index in [0.717, 1.165) is 12.1 Å². The Morgan fingerprint density at radius 1 is 1.33 bits per heavy atom. The molecule has 0 aliphatic rings. The van der Waals surface area contributed by atoms with Gasteiger partial charge in [0.1, 0.15) is 17.9 Å². The van der Waals surface area contributed by atoms with Crippen molar-refractivity contribution in [3.8, 4) is 0 Å². The molecule has 0 aliphatic carbocycles. The summed E-state index contributed by atoms with van der Waals surface area (Å²) in [6, 6.07) is 3.54. The van der Waals surface area contributed by atoms with Crippen LogP contribution >= 0.6 is 0 Å². The second-order valence-corrected chi connectivity index (χ2v) is 2.56. The van der Waals surface area contributed by atoms with E-state index in [4.69, 9.17) is 0 Å². The van der Waals surface area contributed by atoms with Crippen molar-refractivity contribution in [3.05, 3.63) is 35.4 Å². The number of halogens is 2. The summed E-state index contributed by atoms with van der Waals surface area (Å²) >= 11 is 0. The molecule has 1 rings (SSSR count). The molecule has 0 saturated heterocycles. The van der Waals surface area contributed by atoms with Gasteiger partial charge in [0.2, 0.25) is 0 Å². The monoisotopic (exact) mass is 170 g/mol. The molecule has 3 heteroatoms. The van der Waals surface area contributed by atoms with Gasteiger partial charge in [0.05, 0.1) is 0 Å². The van der Waals surface area contributed by atoms with Gasteiger partial charge in [-0.15, -0.1) is 0 Å². The van der Waals surface area contributed by atoms with Gasteiger partial charge in [-0.2, -0.15) is 0 Å². The summed E-state index contributed by atoms with van der Waals surface area (Å²) in [4.78, 5) is 10.3. The normalized spacial score (nSPS) is 12.6. The van der Waals surface area contributed by atoms with E-state index in [1.807, 2.05) is 0 Å². The van der Waals surface area contributed by atoms with Gasteiger partial charge < -0.3 is 4.79 Å². The maximum absolute atomic E-state index is 12.9. The fraction of sp³-hybridized carbons (Fsp3) is 0.222. The second-order valence-electron chi connectivity index (χ2n) is 2.56. The maximum Gasteiger partial charge on any atom is 0.130 e. The van der Waals surface area contributed by atoms with Crippen LogP contribution in [-0.4, -0.2) is 6.29 Å². The summed E-state index contributed by atoms with van der Waals surface area (Å²) in [5.41, 5.74) is -0.160. The third kappa shape index (κ3) is 1.49. The molecule has 0 aliphatic heterocycles. The molecule has 1 atom stereocenters. The van der Waals surface area contributed by atoms with Gasteiger partial charge in [-0.25, -0.2) is 8.78 Å². The Bertz CT molecular complexity index is 276. The number of carbonyl (C=O) groups is 1. The lowest BCUT2D eigenvalue weighted by Crippen LogP contribution is -2.01. The molecule has 64 valence electrons. The van der Waals surface area contributed by atoms with Crippen molar-refractivity contribution in [1.29, 1.82) is 0 Å². The number of hydrogen-bond acceptors (Lipinski definition) is 1. The lowest BCUT2D eigenvalue weighted by molar-refractivity contribution is -0.108. The van der Waals surface area contributed by atoms with Crippen LogP contribution in [-0.2, 0) is 4.79 Å². The molecule has 0 amide bonds. The summed E-state index contributed by atoms with van der Waals surface area (Å²) in [7, 11) is 0. The highest BCUT2D eigenvalue weighted by atomic mass is 19.1. The molecule has 12 heavy (non-hydrogen) atoms.